The Bertz CT molecular complexity index is 332. The Morgan fingerprint density at radius 3 is 2.33 bits per heavy atom. The molecule has 0 fully saturated rings. The number of hydrogen-bond donors (Lipinski definition) is 0. The van der Waals surface area contributed by atoms with Gasteiger partial charge in [-0.3, -0.25) is 0 Å². The van der Waals surface area contributed by atoms with Gasteiger partial charge in [-0.1, -0.05) is 39.0 Å². The monoisotopic (exact) mass is 208 g/mol. The smallest absolute Gasteiger partial charge is 0.101 e. The molecule has 0 nitrogen and oxygen atoms in total. The molecule has 1 aromatic rings. The number of aryl methyl sites for hydroxylation is 1. The van der Waals surface area contributed by atoms with E-state index >= 15 is 0 Å². The molecule has 1 unspecified atom stereocenters. The first-order valence-corrected chi connectivity index (χ1v) is 5.55. The standard InChI is InChI=1S/C14H21F/c1-10-6-7-13(14(3,4)5)9-12(10)8-11(2)15/h6-7,9,11H,8H2,1-5H3. The molecule has 1 rings (SSSR count). The van der Waals surface area contributed by atoms with Crippen molar-refractivity contribution in [3.8, 4) is 0 Å². The van der Waals surface area contributed by atoms with E-state index in [9.17, 15) is 4.39 Å². The van der Waals surface area contributed by atoms with Gasteiger partial charge in [0.15, 0.2) is 0 Å². The second-order valence-electron chi connectivity index (χ2n) is 5.38. The summed E-state index contributed by atoms with van der Waals surface area (Å²) < 4.78 is 13.0. The quantitative estimate of drug-likeness (QED) is 0.683. The largest absolute Gasteiger partial charge is 0.247 e. The van der Waals surface area contributed by atoms with E-state index in [1.807, 2.05) is 6.92 Å². The van der Waals surface area contributed by atoms with Crippen molar-refractivity contribution in [1.82, 2.24) is 0 Å². The number of benzene rings is 1. The topological polar surface area (TPSA) is 0 Å². The van der Waals surface area contributed by atoms with Gasteiger partial charge in [-0.25, -0.2) is 4.39 Å². The first-order chi connectivity index (χ1) is 6.80. The molecule has 1 aromatic carbocycles. The minimum absolute atomic E-state index is 0.141. The molecule has 1 atom stereocenters. The summed E-state index contributed by atoms with van der Waals surface area (Å²) in [5.74, 6) is 0. The van der Waals surface area contributed by atoms with E-state index in [2.05, 4.69) is 39.0 Å². The lowest BCUT2D eigenvalue weighted by molar-refractivity contribution is 0.359. The third-order valence-corrected chi connectivity index (χ3v) is 2.72. The van der Waals surface area contributed by atoms with Crippen molar-refractivity contribution in [3.05, 3.63) is 34.9 Å². The van der Waals surface area contributed by atoms with Crippen molar-refractivity contribution in [2.75, 3.05) is 0 Å². The highest BCUT2D eigenvalue weighted by Crippen LogP contribution is 2.25. The van der Waals surface area contributed by atoms with Crippen molar-refractivity contribution < 1.29 is 4.39 Å². The molecule has 0 heterocycles. The first-order valence-electron chi connectivity index (χ1n) is 5.55. The molecule has 0 spiro atoms. The highest BCUT2D eigenvalue weighted by molar-refractivity contribution is 5.34. The lowest BCUT2D eigenvalue weighted by Crippen LogP contribution is -2.12. The van der Waals surface area contributed by atoms with Crippen LogP contribution >= 0.6 is 0 Å². The molecule has 0 aliphatic heterocycles. The van der Waals surface area contributed by atoms with Gasteiger partial charge >= 0.3 is 0 Å². The fourth-order valence-electron chi connectivity index (χ4n) is 1.66. The van der Waals surface area contributed by atoms with E-state index in [0.29, 0.717) is 6.42 Å². The fourth-order valence-corrected chi connectivity index (χ4v) is 1.66. The van der Waals surface area contributed by atoms with Crippen LogP contribution in [0.25, 0.3) is 0 Å². The van der Waals surface area contributed by atoms with E-state index in [4.69, 9.17) is 0 Å². The molecule has 0 amide bonds. The van der Waals surface area contributed by atoms with Gasteiger partial charge in [-0.15, -0.1) is 0 Å². The van der Waals surface area contributed by atoms with Crippen LogP contribution in [-0.4, -0.2) is 6.17 Å². The summed E-state index contributed by atoms with van der Waals surface area (Å²) >= 11 is 0. The third kappa shape index (κ3) is 3.33. The number of halogens is 1. The van der Waals surface area contributed by atoms with Gasteiger partial charge in [0.25, 0.3) is 0 Å². The molecule has 84 valence electrons. The van der Waals surface area contributed by atoms with Crippen LogP contribution in [0.2, 0.25) is 0 Å². The van der Waals surface area contributed by atoms with E-state index < -0.39 is 6.17 Å². The van der Waals surface area contributed by atoms with Gasteiger partial charge in [0, 0.05) is 6.42 Å². The SMILES string of the molecule is Cc1ccc(C(C)(C)C)cc1CC(C)F. The summed E-state index contributed by atoms with van der Waals surface area (Å²) in [6.45, 7) is 10.2. The number of hydrogen-bond acceptors (Lipinski definition) is 0. The Morgan fingerprint density at radius 2 is 1.87 bits per heavy atom. The van der Waals surface area contributed by atoms with Gasteiger partial charge in [0.1, 0.15) is 6.17 Å². The van der Waals surface area contributed by atoms with E-state index in [0.717, 1.165) is 5.56 Å². The minimum Gasteiger partial charge on any atom is -0.247 e. The number of alkyl halides is 1. The van der Waals surface area contributed by atoms with Crippen LogP contribution in [0.15, 0.2) is 18.2 Å². The van der Waals surface area contributed by atoms with Crippen molar-refractivity contribution in [2.45, 2.75) is 52.6 Å². The zero-order chi connectivity index (χ0) is 11.6. The lowest BCUT2D eigenvalue weighted by Gasteiger charge is -2.21. The molecular formula is C14H21F. The maximum absolute atomic E-state index is 13.0. The summed E-state index contributed by atoms with van der Waals surface area (Å²) in [5.41, 5.74) is 3.75. The maximum atomic E-state index is 13.0. The zero-order valence-electron chi connectivity index (χ0n) is 10.4. The minimum atomic E-state index is -0.765. The van der Waals surface area contributed by atoms with Crippen LogP contribution in [0.3, 0.4) is 0 Å². The number of rotatable bonds is 2. The Labute approximate surface area is 92.5 Å². The molecule has 0 aromatic heterocycles. The molecule has 0 saturated heterocycles. The van der Waals surface area contributed by atoms with Crippen LogP contribution < -0.4 is 0 Å². The van der Waals surface area contributed by atoms with Crippen molar-refractivity contribution in [1.29, 1.82) is 0 Å². The summed E-state index contributed by atoms with van der Waals surface area (Å²) in [6, 6.07) is 6.38. The van der Waals surface area contributed by atoms with Crippen molar-refractivity contribution in [3.63, 3.8) is 0 Å². The van der Waals surface area contributed by atoms with Gasteiger partial charge in [-0.05, 0) is 36.0 Å². The molecule has 15 heavy (non-hydrogen) atoms. The van der Waals surface area contributed by atoms with Crippen molar-refractivity contribution in [2.24, 2.45) is 0 Å². The third-order valence-electron chi connectivity index (χ3n) is 2.72. The maximum Gasteiger partial charge on any atom is 0.101 e. The average molecular weight is 208 g/mol. The van der Waals surface area contributed by atoms with Crippen LogP contribution in [0, 0.1) is 6.92 Å². The van der Waals surface area contributed by atoms with Crippen LogP contribution in [0.1, 0.15) is 44.4 Å². The van der Waals surface area contributed by atoms with Gasteiger partial charge < -0.3 is 0 Å². The molecule has 0 aliphatic rings. The van der Waals surface area contributed by atoms with Gasteiger partial charge in [-0.2, -0.15) is 0 Å². The van der Waals surface area contributed by atoms with E-state index in [1.54, 1.807) is 6.92 Å². The van der Waals surface area contributed by atoms with Crippen LogP contribution in [-0.2, 0) is 11.8 Å². The predicted octanol–water partition coefficient (Wildman–Crippen LogP) is 4.19. The Morgan fingerprint density at radius 1 is 1.27 bits per heavy atom. The molecule has 0 aliphatic carbocycles. The molecule has 0 saturated carbocycles. The second kappa shape index (κ2) is 4.34. The Balaban J connectivity index is 3.06. The zero-order valence-corrected chi connectivity index (χ0v) is 10.4. The van der Waals surface area contributed by atoms with Gasteiger partial charge in [0.2, 0.25) is 0 Å². The highest BCUT2D eigenvalue weighted by atomic mass is 19.1. The fraction of sp³-hybridized carbons (Fsp3) is 0.571. The molecule has 1 heteroatoms. The van der Waals surface area contributed by atoms with Crippen molar-refractivity contribution >= 4 is 0 Å². The summed E-state index contributed by atoms with van der Waals surface area (Å²) in [6.07, 6.45) is -0.241. The van der Waals surface area contributed by atoms with E-state index in [-0.39, 0.29) is 5.41 Å². The summed E-state index contributed by atoms with van der Waals surface area (Å²) in [7, 11) is 0. The summed E-state index contributed by atoms with van der Waals surface area (Å²) in [4.78, 5) is 0. The first kappa shape index (κ1) is 12.2. The molecule has 0 N–H and O–H groups in total. The molecular weight excluding hydrogens is 187 g/mol. The Kier molecular flexibility index (Phi) is 3.54. The summed E-state index contributed by atoms with van der Waals surface area (Å²) in [5, 5.41) is 0. The van der Waals surface area contributed by atoms with Crippen LogP contribution in [0.5, 0.6) is 0 Å². The average Bonchev–Trinajstić information content (AvgIpc) is 2.06. The highest BCUT2D eigenvalue weighted by Gasteiger charge is 2.15. The second-order valence-corrected chi connectivity index (χ2v) is 5.38. The molecule has 0 radical (unpaired) electrons. The Hall–Kier alpha value is -0.850. The lowest BCUT2D eigenvalue weighted by atomic mass is 9.84. The predicted molar refractivity (Wildman–Crippen MR) is 64.2 cm³/mol. The van der Waals surface area contributed by atoms with Gasteiger partial charge in [0.05, 0.1) is 0 Å². The normalized spacial score (nSPS) is 14.0. The molecule has 0 bridgehead atoms. The van der Waals surface area contributed by atoms with E-state index in [1.165, 1.54) is 11.1 Å². The van der Waals surface area contributed by atoms with Crippen LogP contribution in [0.4, 0.5) is 4.39 Å².